The van der Waals surface area contributed by atoms with Gasteiger partial charge in [0.1, 0.15) is 6.04 Å². The van der Waals surface area contributed by atoms with Crippen molar-refractivity contribution in [1.29, 1.82) is 0 Å². The van der Waals surface area contributed by atoms with Crippen molar-refractivity contribution in [3.05, 3.63) is 29.3 Å². The van der Waals surface area contributed by atoms with Gasteiger partial charge in [0, 0.05) is 38.9 Å². The van der Waals surface area contributed by atoms with Crippen molar-refractivity contribution in [2.75, 3.05) is 31.6 Å². The number of nitrogens with one attached hydrogen (secondary N) is 2. The van der Waals surface area contributed by atoms with Gasteiger partial charge >= 0.3 is 6.03 Å². The normalized spacial score (nSPS) is 20.8. The maximum absolute atomic E-state index is 12.3. The highest BCUT2D eigenvalue weighted by molar-refractivity contribution is 5.87. The van der Waals surface area contributed by atoms with E-state index in [0.717, 1.165) is 18.5 Å². The molecule has 6 nitrogen and oxygen atoms in total. The Hall–Kier alpha value is -2.24. The van der Waals surface area contributed by atoms with Crippen LogP contribution in [0.2, 0.25) is 0 Å². The molecular formula is C17H24N4O2. The van der Waals surface area contributed by atoms with Crippen LogP contribution in [-0.4, -0.2) is 49.6 Å². The molecule has 6 heteroatoms. The Morgan fingerprint density at radius 1 is 1.39 bits per heavy atom. The summed E-state index contributed by atoms with van der Waals surface area (Å²) < 4.78 is 0. The van der Waals surface area contributed by atoms with Crippen molar-refractivity contribution in [3.63, 3.8) is 0 Å². The Kier molecular flexibility index (Phi) is 4.41. The molecule has 0 aliphatic carbocycles. The summed E-state index contributed by atoms with van der Waals surface area (Å²) in [5.74, 6) is -0.0942. The lowest BCUT2D eigenvalue weighted by atomic mass is 9.99. The molecule has 2 N–H and O–H groups in total. The third-order valence-corrected chi connectivity index (χ3v) is 4.70. The third-order valence-electron chi connectivity index (χ3n) is 4.70. The summed E-state index contributed by atoms with van der Waals surface area (Å²) in [6.45, 7) is 4.40. The maximum Gasteiger partial charge on any atom is 0.318 e. The first-order valence-corrected chi connectivity index (χ1v) is 8.21. The molecule has 1 aromatic carbocycles. The first-order valence-electron chi connectivity index (χ1n) is 8.21. The van der Waals surface area contributed by atoms with E-state index in [9.17, 15) is 9.59 Å². The van der Waals surface area contributed by atoms with Crippen LogP contribution in [0.1, 0.15) is 24.5 Å². The van der Waals surface area contributed by atoms with Gasteiger partial charge in [-0.3, -0.25) is 4.79 Å². The van der Waals surface area contributed by atoms with E-state index in [-0.39, 0.29) is 11.9 Å². The molecule has 0 aromatic heterocycles. The Balaban J connectivity index is 1.62. The third kappa shape index (κ3) is 3.25. The lowest BCUT2D eigenvalue weighted by Gasteiger charge is -2.32. The van der Waals surface area contributed by atoms with Crippen LogP contribution < -0.4 is 15.5 Å². The van der Waals surface area contributed by atoms with Gasteiger partial charge in [0.2, 0.25) is 5.91 Å². The van der Waals surface area contributed by atoms with Crippen LogP contribution in [0.5, 0.6) is 0 Å². The Bertz CT molecular complexity index is 617. The molecule has 0 bridgehead atoms. The van der Waals surface area contributed by atoms with Gasteiger partial charge in [-0.1, -0.05) is 12.1 Å². The monoisotopic (exact) mass is 316 g/mol. The minimum atomic E-state index is -0.416. The Morgan fingerprint density at radius 3 is 3.04 bits per heavy atom. The lowest BCUT2D eigenvalue weighted by molar-refractivity contribution is -0.126. The van der Waals surface area contributed by atoms with Crippen molar-refractivity contribution >= 4 is 17.6 Å². The number of aryl methyl sites for hydroxylation is 1. The zero-order valence-electron chi connectivity index (χ0n) is 13.8. The van der Waals surface area contributed by atoms with Crippen molar-refractivity contribution < 1.29 is 9.59 Å². The Labute approximate surface area is 136 Å². The van der Waals surface area contributed by atoms with Crippen molar-refractivity contribution in [1.82, 2.24) is 15.5 Å². The van der Waals surface area contributed by atoms with Gasteiger partial charge in [-0.05, 0) is 37.0 Å². The zero-order chi connectivity index (χ0) is 16.4. The van der Waals surface area contributed by atoms with E-state index in [1.54, 1.807) is 11.8 Å². The number of hydrogen-bond donors (Lipinski definition) is 2. The minimum absolute atomic E-state index is 0.0942. The number of rotatable bonds is 2. The lowest BCUT2D eigenvalue weighted by Crippen LogP contribution is -2.58. The van der Waals surface area contributed by atoms with Gasteiger partial charge in [0.25, 0.3) is 0 Å². The van der Waals surface area contributed by atoms with Crippen LogP contribution in [0.4, 0.5) is 10.5 Å². The molecular weight excluding hydrogens is 292 g/mol. The number of piperazine rings is 1. The van der Waals surface area contributed by atoms with E-state index in [4.69, 9.17) is 0 Å². The molecule has 0 radical (unpaired) electrons. The van der Waals surface area contributed by atoms with Crippen LogP contribution in [0, 0.1) is 0 Å². The topological polar surface area (TPSA) is 64.7 Å². The molecule has 3 rings (SSSR count). The minimum Gasteiger partial charge on any atom is -0.374 e. The average molecular weight is 316 g/mol. The molecule has 0 saturated carbocycles. The fourth-order valence-corrected chi connectivity index (χ4v) is 3.29. The number of hydrogen-bond acceptors (Lipinski definition) is 3. The van der Waals surface area contributed by atoms with E-state index in [1.807, 2.05) is 0 Å². The summed E-state index contributed by atoms with van der Waals surface area (Å²) in [6.07, 6.45) is 2.25. The molecule has 2 aliphatic heterocycles. The number of anilines is 1. The predicted octanol–water partition coefficient (Wildman–Crippen LogP) is 1.10. The van der Waals surface area contributed by atoms with E-state index < -0.39 is 6.04 Å². The second kappa shape index (κ2) is 6.48. The number of carbonyl (C=O) groups excluding carboxylic acids is 2. The molecule has 1 fully saturated rings. The summed E-state index contributed by atoms with van der Waals surface area (Å²) in [5.41, 5.74) is 3.73. The molecule has 1 atom stereocenters. The van der Waals surface area contributed by atoms with Crippen LogP contribution in [0.3, 0.4) is 0 Å². The molecule has 23 heavy (non-hydrogen) atoms. The van der Waals surface area contributed by atoms with Gasteiger partial charge in [0.15, 0.2) is 0 Å². The largest absolute Gasteiger partial charge is 0.374 e. The smallest absolute Gasteiger partial charge is 0.318 e. The first kappa shape index (κ1) is 15.6. The van der Waals surface area contributed by atoms with Crippen molar-refractivity contribution in [2.24, 2.45) is 0 Å². The summed E-state index contributed by atoms with van der Waals surface area (Å²) in [4.78, 5) is 27.8. The number of benzene rings is 1. The summed E-state index contributed by atoms with van der Waals surface area (Å²) in [7, 11) is 2.11. The standard InChI is InChI=1S/C17H24N4O2/c1-12-16(22)18-7-9-21(12)17(23)19-11-13-5-6-15-14(10-13)4-3-8-20(15)2/h5-6,10,12H,3-4,7-9,11H2,1-2H3,(H,18,22)(H,19,23)/t12-/m1/s1. The number of fused-ring (bicyclic) bond motifs is 1. The second-order valence-electron chi connectivity index (χ2n) is 6.31. The fourth-order valence-electron chi connectivity index (χ4n) is 3.29. The molecule has 2 aliphatic rings. The van der Waals surface area contributed by atoms with Crippen molar-refractivity contribution in [2.45, 2.75) is 32.4 Å². The Morgan fingerprint density at radius 2 is 2.22 bits per heavy atom. The zero-order valence-corrected chi connectivity index (χ0v) is 13.8. The van der Waals surface area contributed by atoms with Gasteiger partial charge in [0.05, 0.1) is 0 Å². The fraction of sp³-hybridized carbons (Fsp3) is 0.529. The second-order valence-corrected chi connectivity index (χ2v) is 6.31. The molecule has 0 unspecified atom stereocenters. The number of urea groups is 1. The van der Waals surface area contributed by atoms with E-state index in [1.165, 1.54) is 17.7 Å². The van der Waals surface area contributed by atoms with Crippen molar-refractivity contribution in [3.8, 4) is 0 Å². The van der Waals surface area contributed by atoms with Crippen LogP contribution in [-0.2, 0) is 17.8 Å². The van der Waals surface area contributed by atoms with Crippen LogP contribution in [0.25, 0.3) is 0 Å². The van der Waals surface area contributed by atoms with Gasteiger partial charge in [-0.2, -0.15) is 0 Å². The molecule has 1 aromatic rings. The quantitative estimate of drug-likeness (QED) is 0.859. The number of carbonyl (C=O) groups is 2. The SMILES string of the molecule is C[C@@H]1C(=O)NCCN1C(=O)NCc1ccc2c(c1)CCCN2C. The molecule has 124 valence electrons. The molecule has 3 amide bonds. The summed E-state index contributed by atoms with van der Waals surface area (Å²) in [6, 6.07) is 5.78. The van der Waals surface area contributed by atoms with Gasteiger partial charge in [-0.25, -0.2) is 4.79 Å². The highest BCUT2D eigenvalue weighted by atomic mass is 16.2. The van der Waals surface area contributed by atoms with E-state index >= 15 is 0 Å². The molecule has 1 saturated heterocycles. The van der Waals surface area contributed by atoms with E-state index in [0.29, 0.717) is 19.6 Å². The van der Waals surface area contributed by atoms with E-state index in [2.05, 4.69) is 40.8 Å². The van der Waals surface area contributed by atoms with Crippen LogP contribution in [0.15, 0.2) is 18.2 Å². The summed E-state index contributed by atoms with van der Waals surface area (Å²) >= 11 is 0. The highest BCUT2D eigenvalue weighted by Gasteiger charge is 2.29. The molecule has 2 heterocycles. The predicted molar refractivity (Wildman–Crippen MR) is 89.4 cm³/mol. The van der Waals surface area contributed by atoms with Gasteiger partial charge < -0.3 is 20.4 Å². The number of nitrogens with zero attached hydrogens (tertiary/aromatic N) is 2. The number of amides is 3. The summed E-state index contributed by atoms with van der Waals surface area (Å²) in [5, 5.41) is 5.69. The highest BCUT2D eigenvalue weighted by Crippen LogP contribution is 2.26. The van der Waals surface area contributed by atoms with Gasteiger partial charge in [-0.15, -0.1) is 0 Å². The first-order chi connectivity index (χ1) is 11.1. The average Bonchev–Trinajstić information content (AvgIpc) is 2.55. The molecule has 0 spiro atoms. The maximum atomic E-state index is 12.3. The van der Waals surface area contributed by atoms with Crippen LogP contribution >= 0.6 is 0 Å².